The van der Waals surface area contributed by atoms with Crippen LogP contribution < -0.4 is 15.0 Å². The Morgan fingerprint density at radius 2 is 1.82 bits per heavy atom. The van der Waals surface area contributed by atoms with Crippen LogP contribution in [0, 0.1) is 18.6 Å². The monoisotopic (exact) mass is 459 g/mol. The summed E-state index contributed by atoms with van der Waals surface area (Å²) in [4.78, 5) is 13.7. The molecule has 9 heteroatoms. The van der Waals surface area contributed by atoms with E-state index in [0.29, 0.717) is 42.0 Å². The quantitative estimate of drug-likeness (QED) is 0.667. The van der Waals surface area contributed by atoms with Crippen LogP contribution >= 0.6 is 0 Å². The zero-order valence-electron chi connectivity index (χ0n) is 19.0. The minimum Gasteiger partial charge on any atom is -0.463 e. The van der Waals surface area contributed by atoms with Crippen molar-refractivity contribution < 1.29 is 18.3 Å². The first kappa shape index (κ1) is 21.4. The maximum Gasteiger partial charge on any atom is 0.319 e. The van der Waals surface area contributed by atoms with Crippen molar-refractivity contribution in [1.29, 1.82) is 0 Å². The van der Waals surface area contributed by atoms with Crippen molar-refractivity contribution >= 4 is 16.7 Å². The molecule has 4 atom stereocenters. The molecule has 1 N–H and O–H groups in total. The Morgan fingerprint density at radius 1 is 1.09 bits per heavy atom. The molecule has 1 aromatic heterocycles. The average Bonchev–Trinajstić information content (AvgIpc) is 3.26. The van der Waals surface area contributed by atoms with Crippen molar-refractivity contribution in [3.05, 3.63) is 23.3 Å². The van der Waals surface area contributed by atoms with Crippen LogP contribution in [0.1, 0.15) is 37.7 Å². The van der Waals surface area contributed by atoms with Crippen LogP contribution in [-0.4, -0.2) is 78.5 Å². The van der Waals surface area contributed by atoms with Gasteiger partial charge in [-0.1, -0.05) is 0 Å². The molecule has 4 fully saturated rings. The van der Waals surface area contributed by atoms with Gasteiger partial charge in [0.1, 0.15) is 17.2 Å². The van der Waals surface area contributed by atoms with E-state index in [0.717, 1.165) is 52.1 Å². The fourth-order valence-corrected chi connectivity index (χ4v) is 6.02. The summed E-state index contributed by atoms with van der Waals surface area (Å²) in [6, 6.07) is 3.32. The molecule has 4 bridgehead atoms. The summed E-state index contributed by atoms with van der Waals surface area (Å²) in [6.07, 6.45) is 5.46. The molecule has 4 unspecified atom stereocenters. The Morgan fingerprint density at radius 3 is 2.55 bits per heavy atom. The molecule has 4 saturated heterocycles. The second-order valence-electron chi connectivity index (χ2n) is 9.93. The Kier molecular flexibility index (Phi) is 5.58. The molecule has 4 aliphatic heterocycles. The van der Waals surface area contributed by atoms with Gasteiger partial charge < -0.3 is 19.7 Å². The molecular weight excluding hydrogens is 428 g/mol. The van der Waals surface area contributed by atoms with Crippen LogP contribution in [0.2, 0.25) is 0 Å². The predicted octanol–water partition coefficient (Wildman–Crippen LogP) is 2.79. The molecule has 6 rings (SSSR count). The molecule has 0 spiro atoms. The van der Waals surface area contributed by atoms with Gasteiger partial charge >= 0.3 is 6.01 Å². The number of morpholine rings is 1. The number of ether oxygens (including phenoxy) is 2. The molecular formula is C24H31F2N5O2. The third kappa shape index (κ3) is 3.94. The van der Waals surface area contributed by atoms with Crippen LogP contribution in [0.4, 0.5) is 14.6 Å². The molecule has 2 aromatic rings. The summed E-state index contributed by atoms with van der Waals surface area (Å²) < 4.78 is 41.1. The van der Waals surface area contributed by atoms with Crippen LogP contribution in [0.25, 0.3) is 10.9 Å². The van der Waals surface area contributed by atoms with Gasteiger partial charge in [-0.2, -0.15) is 9.97 Å². The zero-order chi connectivity index (χ0) is 22.5. The summed E-state index contributed by atoms with van der Waals surface area (Å²) in [5, 5.41) is 4.00. The number of nitrogens with zero attached hydrogens (tertiary/aromatic N) is 4. The Labute approximate surface area is 192 Å². The first-order chi connectivity index (χ1) is 16.1. The third-order valence-corrected chi connectivity index (χ3v) is 7.77. The van der Waals surface area contributed by atoms with Crippen molar-refractivity contribution in [1.82, 2.24) is 20.2 Å². The van der Waals surface area contributed by atoms with Gasteiger partial charge in [0.05, 0.1) is 19.8 Å². The van der Waals surface area contributed by atoms with E-state index in [9.17, 15) is 4.39 Å². The van der Waals surface area contributed by atoms with E-state index in [-0.39, 0.29) is 17.1 Å². The predicted molar refractivity (Wildman–Crippen MR) is 121 cm³/mol. The van der Waals surface area contributed by atoms with Gasteiger partial charge in [0.25, 0.3) is 0 Å². The number of nitrogens with one attached hydrogen (secondary N) is 1. The smallest absolute Gasteiger partial charge is 0.319 e. The minimum absolute atomic E-state index is 0.0266. The molecule has 0 amide bonds. The number of hydrogen-bond acceptors (Lipinski definition) is 7. The van der Waals surface area contributed by atoms with E-state index in [2.05, 4.69) is 25.1 Å². The lowest BCUT2D eigenvalue weighted by molar-refractivity contribution is -0.0161. The van der Waals surface area contributed by atoms with Crippen LogP contribution in [0.5, 0.6) is 6.01 Å². The Bertz CT molecular complexity index is 1030. The second-order valence-corrected chi connectivity index (χ2v) is 9.93. The van der Waals surface area contributed by atoms with E-state index >= 15 is 4.39 Å². The van der Waals surface area contributed by atoms with E-state index < -0.39 is 11.6 Å². The van der Waals surface area contributed by atoms with Crippen LogP contribution in [-0.2, 0) is 4.74 Å². The lowest BCUT2D eigenvalue weighted by Gasteiger charge is -2.34. The summed E-state index contributed by atoms with van der Waals surface area (Å²) in [5.41, 5.74) is 0.104. The zero-order valence-corrected chi connectivity index (χ0v) is 19.0. The van der Waals surface area contributed by atoms with Gasteiger partial charge in [-0.05, 0) is 45.1 Å². The maximum absolute atomic E-state index is 15.0. The van der Waals surface area contributed by atoms with Crippen molar-refractivity contribution in [2.24, 2.45) is 0 Å². The number of hydrogen-bond donors (Lipinski definition) is 1. The van der Waals surface area contributed by atoms with Gasteiger partial charge in [0.2, 0.25) is 0 Å². The first-order valence-electron chi connectivity index (χ1n) is 12.2. The number of fused-ring (bicyclic) bond motifs is 5. The lowest BCUT2D eigenvalue weighted by atomic mass is 10.1. The summed E-state index contributed by atoms with van der Waals surface area (Å²) in [6.45, 7) is 5.99. The highest BCUT2D eigenvalue weighted by Crippen LogP contribution is 2.34. The standard InChI is InChI=1S/C24H31F2N5O2/c1-14-20(25)9-19-22(21(14)26)28-24(29-23(19)30-10-15-3-4-16(11-30)27-15)33-8-2-7-31-17-5-6-18(31)13-32-12-17/h9,15-18,27H,2-8,10-13H2,1H3. The van der Waals surface area contributed by atoms with Crippen molar-refractivity contribution in [3.8, 4) is 6.01 Å². The van der Waals surface area contributed by atoms with Gasteiger partial charge in [0, 0.05) is 54.8 Å². The van der Waals surface area contributed by atoms with E-state index in [1.807, 2.05) is 0 Å². The molecule has 0 aliphatic carbocycles. The first-order valence-corrected chi connectivity index (χ1v) is 12.2. The summed E-state index contributed by atoms with van der Waals surface area (Å²) in [5.74, 6) is -0.643. The van der Waals surface area contributed by atoms with Gasteiger partial charge in [-0.15, -0.1) is 0 Å². The number of benzene rings is 1. The highest BCUT2D eigenvalue weighted by atomic mass is 19.1. The van der Waals surface area contributed by atoms with Gasteiger partial charge in [-0.25, -0.2) is 8.78 Å². The normalized spacial score (nSPS) is 29.2. The van der Waals surface area contributed by atoms with Crippen molar-refractivity contribution in [3.63, 3.8) is 0 Å². The lowest BCUT2D eigenvalue weighted by Crippen LogP contribution is -2.51. The van der Waals surface area contributed by atoms with Crippen LogP contribution in [0.15, 0.2) is 6.07 Å². The summed E-state index contributed by atoms with van der Waals surface area (Å²) in [7, 11) is 0. The average molecular weight is 460 g/mol. The third-order valence-electron chi connectivity index (χ3n) is 7.77. The highest BCUT2D eigenvalue weighted by Gasteiger charge is 2.37. The van der Waals surface area contributed by atoms with E-state index in [4.69, 9.17) is 9.47 Å². The fourth-order valence-electron chi connectivity index (χ4n) is 6.02. The van der Waals surface area contributed by atoms with Crippen molar-refractivity contribution in [2.75, 3.05) is 44.4 Å². The summed E-state index contributed by atoms with van der Waals surface area (Å²) >= 11 is 0. The molecule has 5 heterocycles. The van der Waals surface area contributed by atoms with Gasteiger partial charge in [-0.3, -0.25) is 4.90 Å². The topological polar surface area (TPSA) is 62.8 Å². The van der Waals surface area contributed by atoms with Gasteiger partial charge in [0.15, 0.2) is 5.82 Å². The number of piperazine rings is 1. The number of aromatic nitrogens is 2. The largest absolute Gasteiger partial charge is 0.463 e. The fraction of sp³-hybridized carbons (Fsp3) is 0.667. The Hall–Kier alpha value is -2.10. The number of rotatable bonds is 6. The Balaban J connectivity index is 1.23. The molecule has 0 saturated carbocycles. The van der Waals surface area contributed by atoms with Crippen molar-refractivity contribution in [2.45, 2.75) is 63.2 Å². The molecule has 1 aromatic carbocycles. The van der Waals surface area contributed by atoms with Crippen LogP contribution in [0.3, 0.4) is 0 Å². The minimum atomic E-state index is -0.638. The molecule has 33 heavy (non-hydrogen) atoms. The number of halogens is 2. The maximum atomic E-state index is 15.0. The number of anilines is 1. The molecule has 4 aliphatic rings. The highest BCUT2D eigenvalue weighted by molar-refractivity contribution is 5.91. The van der Waals surface area contributed by atoms with E-state index in [1.165, 1.54) is 25.8 Å². The molecule has 7 nitrogen and oxygen atoms in total. The molecule has 178 valence electrons. The van der Waals surface area contributed by atoms with E-state index in [1.54, 1.807) is 0 Å². The second kappa shape index (κ2) is 8.60. The molecule has 0 radical (unpaired) electrons. The SMILES string of the molecule is Cc1c(F)cc2c(N3CC4CCC(C3)N4)nc(OCCCN3C4CCC3COC4)nc2c1F.